The van der Waals surface area contributed by atoms with E-state index in [1.165, 1.54) is 12.0 Å². The topological polar surface area (TPSA) is 76.1 Å². The van der Waals surface area contributed by atoms with Crippen LogP contribution in [0.1, 0.15) is 43.2 Å². The summed E-state index contributed by atoms with van der Waals surface area (Å²) < 4.78 is 11.4. The average molecular weight is 498 g/mol. The Kier molecular flexibility index (Phi) is 7.26. The Morgan fingerprint density at radius 1 is 0.892 bits per heavy atom. The standard InChI is InChI=1S/C31H31NO5/c33-22-32(27-6-4-5-23(19-27)9-14-30(34)35)31(15-2-1-3-16-31)21-24-7-10-25(11-8-24)26-12-13-28-29(20-26)37-18-17-36-28/h4-14,19-20,22H,1-3,15-18,21H2,(H,34,35)/b14-9+. The highest BCUT2D eigenvalue weighted by Crippen LogP contribution is 2.40. The summed E-state index contributed by atoms with van der Waals surface area (Å²) in [5.41, 5.74) is 4.57. The summed E-state index contributed by atoms with van der Waals surface area (Å²) in [4.78, 5) is 25.4. The maximum atomic E-state index is 12.5. The van der Waals surface area contributed by atoms with Gasteiger partial charge in [0.2, 0.25) is 6.41 Å². The lowest BCUT2D eigenvalue weighted by atomic mass is 9.76. The first kappa shape index (κ1) is 24.6. The lowest BCUT2D eigenvalue weighted by Crippen LogP contribution is -2.51. The molecular weight excluding hydrogens is 466 g/mol. The number of nitrogens with zero attached hydrogens (tertiary/aromatic N) is 1. The van der Waals surface area contributed by atoms with Crippen molar-refractivity contribution in [2.75, 3.05) is 18.1 Å². The predicted octanol–water partition coefficient (Wildman–Crippen LogP) is 6.13. The van der Waals surface area contributed by atoms with Gasteiger partial charge in [-0.2, -0.15) is 0 Å². The Hall–Kier alpha value is -4.06. The molecule has 0 radical (unpaired) electrons. The molecule has 6 nitrogen and oxygen atoms in total. The van der Waals surface area contributed by atoms with Gasteiger partial charge in [-0.15, -0.1) is 0 Å². The number of rotatable bonds is 8. The molecule has 1 fully saturated rings. The molecule has 0 spiro atoms. The van der Waals surface area contributed by atoms with Crippen LogP contribution < -0.4 is 14.4 Å². The lowest BCUT2D eigenvalue weighted by molar-refractivity contribution is -0.131. The Labute approximate surface area is 217 Å². The van der Waals surface area contributed by atoms with Gasteiger partial charge in [-0.05, 0) is 71.9 Å². The number of hydrogen-bond acceptors (Lipinski definition) is 4. The molecule has 1 heterocycles. The molecule has 1 amide bonds. The van der Waals surface area contributed by atoms with Crippen LogP contribution in [0, 0.1) is 0 Å². The fourth-order valence-electron chi connectivity index (χ4n) is 5.52. The molecule has 190 valence electrons. The van der Waals surface area contributed by atoms with Crippen LogP contribution in [0.25, 0.3) is 17.2 Å². The first-order valence-electron chi connectivity index (χ1n) is 12.8. The first-order valence-corrected chi connectivity index (χ1v) is 12.8. The number of carbonyl (C=O) groups excluding carboxylic acids is 1. The zero-order valence-electron chi connectivity index (χ0n) is 20.8. The number of benzene rings is 3. The zero-order valence-corrected chi connectivity index (χ0v) is 20.8. The van der Waals surface area contributed by atoms with E-state index in [0.717, 1.165) is 78.5 Å². The third kappa shape index (κ3) is 5.53. The van der Waals surface area contributed by atoms with Crippen molar-refractivity contribution in [3.8, 4) is 22.6 Å². The third-order valence-electron chi connectivity index (χ3n) is 7.33. The number of hydrogen-bond donors (Lipinski definition) is 1. The quantitative estimate of drug-likeness (QED) is 0.299. The molecule has 37 heavy (non-hydrogen) atoms. The van der Waals surface area contributed by atoms with Gasteiger partial charge < -0.3 is 19.5 Å². The van der Waals surface area contributed by atoms with Crippen molar-refractivity contribution in [2.45, 2.75) is 44.1 Å². The highest BCUT2D eigenvalue weighted by atomic mass is 16.6. The summed E-state index contributed by atoms with van der Waals surface area (Å²) in [6.07, 6.45) is 9.51. The van der Waals surface area contributed by atoms with Crippen LogP contribution in [-0.2, 0) is 16.0 Å². The van der Waals surface area contributed by atoms with Crippen molar-refractivity contribution in [3.63, 3.8) is 0 Å². The largest absolute Gasteiger partial charge is 0.486 e. The Bertz CT molecular complexity index is 1290. The second-order valence-electron chi connectivity index (χ2n) is 9.76. The molecule has 1 N–H and O–H groups in total. The van der Waals surface area contributed by atoms with Crippen molar-refractivity contribution >= 4 is 24.1 Å². The second kappa shape index (κ2) is 10.9. The number of ether oxygens (including phenoxy) is 2. The lowest BCUT2D eigenvalue weighted by Gasteiger charge is -2.45. The second-order valence-corrected chi connectivity index (χ2v) is 9.76. The minimum absolute atomic E-state index is 0.326. The number of carboxylic acids is 1. The van der Waals surface area contributed by atoms with E-state index >= 15 is 0 Å². The van der Waals surface area contributed by atoms with Gasteiger partial charge in [0.15, 0.2) is 11.5 Å². The van der Waals surface area contributed by atoms with Crippen LogP contribution in [-0.4, -0.2) is 36.2 Å². The van der Waals surface area contributed by atoms with E-state index in [1.54, 1.807) is 6.08 Å². The van der Waals surface area contributed by atoms with E-state index in [4.69, 9.17) is 14.6 Å². The van der Waals surface area contributed by atoms with Gasteiger partial charge in [-0.3, -0.25) is 4.79 Å². The summed E-state index contributed by atoms with van der Waals surface area (Å²) in [5.74, 6) is 0.555. The van der Waals surface area contributed by atoms with Crippen LogP contribution in [0.4, 0.5) is 5.69 Å². The summed E-state index contributed by atoms with van der Waals surface area (Å²) in [5, 5.41) is 8.99. The van der Waals surface area contributed by atoms with E-state index in [2.05, 4.69) is 24.3 Å². The molecule has 0 aromatic heterocycles. The molecule has 6 heteroatoms. The number of carbonyl (C=O) groups is 2. The Balaban J connectivity index is 1.41. The molecule has 0 bridgehead atoms. The van der Waals surface area contributed by atoms with Crippen molar-refractivity contribution in [3.05, 3.63) is 83.9 Å². The normalized spacial score (nSPS) is 16.3. The van der Waals surface area contributed by atoms with E-state index in [0.29, 0.717) is 13.2 Å². The van der Waals surface area contributed by atoms with Crippen LogP contribution in [0.15, 0.2) is 72.8 Å². The highest BCUT2D eigenvalue weighted by molar-refractivity contribution is 5.86. The molecule has 2 aliphatic rings. The number of aliphatic carboxylic acids is 1. The number of amides is 1. The molecule has 0 unspecified atom stereocenters. The molecule has 0 saturated heterocycles. The third-order valence-corrected chi connectivity index (χ3v) is 7.33. The van der Waals surface area contributed by atoms with Gasteiger partial charge in [-0.25, -0.2) is 4.79 Å². The van der Waals surface area contributed by atoms with Crippen LogP contribution in [0.5, 0.6) is 11.5 Å². The van der Waals surface area contributed by atoms with E-state index in [1.807, 2.05) is 47.4 Å². The molecule has 0 atom stereocenters. The van der Waals surface area contributed by atoms with Gasteiger partial charge in [0.25, 0.3) is 0 Å². The van der Waals surface area contributed by atoms with Crippen LogP contribution in [0.2, 0.25) is 0 Å². The number of anilines is 1. The fourth-order valence-corrected chi connectivity index (χ4v) is 5.52. The van der Waals surface area contributed by atoms with E-state index in [-0.39, 0.29) is 5.54 Å². The van der Waals surface area contributed by atoms with Gasteiger partial charge in [0.1, 0.15) is 13.2 Å². The summed E-state index contributed by atoms with van der Waals surface area (Å²) in [6, 6.07) is 22.1. The SMILES string of the molecule is O=CN(c1cccc(/C=C/C(=O)O)c1)C1(Cc2ccc(-c3ccc4c(c3)OCCO4)cc2)CCCCC1. The summed E-state index contributed by atoms with van der Waals surface area (Å²) >= 11 is 0. The maximum Gasteiger partial charge on any atom is 0.328 e. The van der Waals surface area contributed by atoms with Gasteiger partial charge in [0.05, 0.1) is 5.54 Å². The molecular formula is C31H31NO5. The van der Waals surface area contributed by atoms with Crippen molar-refractivity contribution in [2.24, 2.45) is 0 Å². The maximum absolute atomic E-state index is 12.5. The highest BCUT2D eigenvalue weighted by Gasteiger charge is 2.38. The molecule has 1 saturated carbocycles. The van der Waals surface area contributed by atoms with E-state index in [9.17, 15) is 9.59 Å². The first-order chi connectivity index (χ1) is 18.1. The van der Waals surface area contributed by atoms with Crippen molar-refractivity contribution in [1.82, 2.24) is 0 Å². The molecule has 1 aliphatic heterocycles. The van der Waals surface area contributed by atoms with Gasteiger partial charge >= 0.3 is 5.97 Å². The average Bonchev–Trinajstić information content (AvgIpc) is 2.93. The smallest absolute Gasteiger partial charge is 0.328 e. The van der Waals surface area contributed by atoms with Crippen molar-refractivity contribution < 1.29 is 24.2 Å². The molecule has 3 aromatic rings. The monoisotopic (exact) mass is 497 g/mol. The number of carboxylic acid groups (broad SMARTS) is 1. The molecule has 3 aromatic carbocycles. The van der Waals surface area contributed by atoms with Crippen LogP contribution in [0.3, 0.4) is 0 Å². The zero-order chi connectivity index (χ0) is 25.7. The summed E-state index contributed by atoms with van der Waals surface area (Å²) in [6.45, 7) is 1.13. The fraction of sp³-hybridized carbons (Fsp3) is 0.290. The minimum Gasteiger partial charge on any atom is -0.486 e. The van der Waals surface area contributed by atoms with Gasteiger partial charge in [-0.1, -0.05) is 61.7 Å². The van der Waals surface area contributed by atoms with Crippen molar-refractivity contribution in [1.29, 1.82) is 0 Å². The van der Waals surface area contributed by atoms with E-state index < -0.39 is 5.97 Å². The van der Waals surface area contributed by atoms with Gasteiger partial charge in [0, 0.05) is 11.8 Å². The molecule has 5 rings (SSSR count). The Morgan fingerprint density at radius 3 is 2.35 bits per heavy atom. The minimum atomic E-state index is -0.999. The molecule has 1 aliphatic carbocycles. The number of fused-ring (bicyclic) bond motifs is 1. The summed E-state index contributed by atoms with van der Waals surface area (Å²) in [7, 11) is 0. The van der Waals surface area contributed by atoms with Crippen LogP contribution >= 0.6 is 0 Å². The Morgan fingerprint density at radius 2 is 1.62 bits per heavy atom. The predicted molar refractivity (Wildman–Crippen MR) is 144 cm³/mol.